The summed E-state index contributed by atoms with van der Waals surface area (Å²) in [5, 5.41) is 0. The highest BCUT2D eigenvalue weighted by atomic mass is 16.6. The van der Waals surface area contributed by atoms with Crippen molar-refractivity contribution < 1.29 is 14.3 Å². The highest BCUT2D eigenvalue weighted by Gasteiger charge is 2.28. The molecule has 1 aromatic heterocycles. The molecule has 9 nitrogen and oxygen atoms in total. The summed E-state index contributed by atoms with van der Waals surface area (Å²) in [6.07, 6.45) is 1.09. The van der Waals surface area contributed by atoms with Crippen LogP contribution in [0.1, 0.15) is 9.59 Å². The minimum atomic E-state index is -1.35. The van der Waals surface area contributed by atoms with Gasteiger partial charge in [-0.2, -0.15) is 9.13 Å². The third-order valence-electron chi connectivity index (χ3n) is 2.81. The second-order valence-corrected chi connectivity index (χ2v) is 4.17. The van der Waals surface area contributed by atoms with Crippen molar-refractivity contribution in [3.8, 4) is 0 Å². The molecule has 1 fully saturated rings. The first-order chi connectivity index (χ1) is 9.92. The fourth-order valence-corrected chi connectivity index (χ4v) is 1.68. The van der Waals surface area contributed by atoms with Crippen molar-refractivity contribution in [2.45, 2.75) is 12.6 Å². The second kappa shape index (κ2) is 5.29. The number of nitrogens with zero attached hydrogens (tertiary/aromatic N) is 3. The standard InChI is InChI=1S/C12H11N3O6/c1-3-8(16)14-10(18)13(5-7-6-21-7)11(19)15(12(14)20)9(17)4-2/h3-4,7H,1-2,5-6H2. The Morgan fingerprint density at radius 1 is 1.05 bits per heavy atom. The highest BCUT2D eigenvalue weighted by molar-refractivity contribution is 5.91. The van der Waals surface area contributed by atoms with Crippen LogP contribution in [0.4, 0.5) is 0 Å². The Bertz CT molecular complexity index is 763. The van der Waals surface area contributed by atoms with Crippen molar-refractivity contribution in [3.63, 3.8) is 0 Å². The summed E-state index contributed by atoms with van der Waals surface area (Å²) in [7, 11) is 0. The molecule has 0 aliphatic carbocycles. The fraction of sp³-hybridized carbons (Fsp3) is 0.250. The lowest BCUT2D eigenvalue weighted by molar-refractivity contribution is 0.0928. The molecule has 21 heavy (non-hydrogen) atoms. The van der Waals surface area contributed by atoms with Crippen LogP contribution in [-0.2, 0) is 11.3 Å². The largest absolute Gasteiger partial charge is 0.371 e. The molecule has 9 heteroatoms. The first-order valence-corrected chi connectivity index (χ1v) is 5.86. The van der Waals surface area contributed by atoms with Crippen LogP contribution in [-0.4, -0.2) is 38.2 Å². The fourth-order valence-electron chi connectivity index (χ4n) is 1.68. The Hall–Kier alpha value is -2.81. The molecule has 2 heterocycles. The molecule has 2 rings (SSSR count). The zero-order valence-corrected chi connectivity index (χ0v) is 10.9. The number of aromatic nitrogens is 3. The van der Waals surface area contributed by atoms with Gasteiger partial charge in [0.1, 0.15) is 0 Å². The topological polar surface area (TPSA) is 113 Å². The lowest BCUT2D eigenvalue weighted by Crippen LogP contribution is -2.57. The molecule has 1 aliphatic heterocycles. The summed E-state index contributed by atoms with van der Waals surface area (Å²) in [4.78, 5) is 59.4. The van der Waals surface area contributed by atoms with Gasteiger partial charge in [-0.3, -0.25) is 9.59 Å². The summed E-state index contributed by atoms with van der Waals surface area (Å²) >= 11 is 0. The monoisotopic (exact) mass is 293 g/mol. The van der Waals surface area contributed by atoms with Crippen molar-refractivity contribution >= 4 is 11.8 Å². The van der Waals surface area contributed by atoms with Gasteiger partial charge in [-0.25, -0.2) is 19.0 Å². The molecule has 1 saturated heterocycles. The van der Waals surface area contributed by atoms with Gasteiger partial charge in [0, 0.05) is 0 Å². The van der Waals surface area contributed by atoms with E-state index in [1.54, 1.807) is 0 Å². The Labute approximate surface area is 117 Å². The molecule has 1 unspecified atom stereocenters. The van der Waals surface area contributed by atoms with Crippen molar-refractivity contribution in [2.75, 3.05) is 6.61 Å². The average molecular weight is 293 g/mol. The van der Waals surface area contributed by atoms with E-state index in [4.69, 9.17) is 4.74 Å². The lowest BCUT2D eigenvalue weighted by Gasteiger charge is -2.09. The maximum atomic E-state index is 12.1. The van der Waals surface area contributed by atoms with Gasteiger partial charge in [-0.05, 0) is 12.2 Å². The Morgan fingerprint density at radius 2 is 1.48 bits per heavy atom. The number of hydrogen-bond donors (Lipinski definition) is 0. The third-order valence-corrected chi connectivity index (χ3v) is 2.81. The molecule has 0 saturated carbocycles. The number of rotatable bonds is 4. The van der Waals surface area contributed by atoms with E-state index in [9.17, 15) is 24.0 Å². The number of hydrogen-bond acceptors (Lipinski definition) is 6. The molecule has 110 valence electrons. The first kappa shape index (κ1) is 14.6. The van der Waals surface area contributed by atoms with Crippen LogP contribution in [0, 0.1) is 0 Å². The van der Waals surface area contributed by atoms with Crippen LogP contribution in [0.5, 0.6) is 0 Å². The number of allylic oxidation sites excluding steroid dienone is 2. The first-order valence-electron chi connectivity index (χ1n) is 5.86. The smallest absolute Gasteiger partial charge is 0.350 e. The predicted octanol–water partition coefficient (Wildman–Crippen LogP) is -1.78. The van der Waals surface area contributed by atoms with Crippen molar-refractivity contribution in [1.29, 1.82) is 0 Å². The van der Waals surface area contributed by atoms with E-state index >= 15 is 0 Å². The average Bonchev–Trinajstić information content (AvgIpc) is 3.27. The Kier molecular flexibility index (Phi) is 3.68. The van der Waals surface area contributed by atoms with Gasteiger partial charge < -0.3 is 4.74 Å². The number of ether oxygens (including phenoxy) is 1. The molecule has 1 atom stereocenters. The van der Waals surface area contributed by atoms with Gasteiger partial charge >= 0.3 is 17.1 Å². The van der Waals surface area contributed by atoms with E-state index in [0.717, 1.165) is 12.2 Å². The zero-order valence-electron chi connectivity index (χ0n) is 10.9. The van der Waals surface area contributed by atoms with Crippen molar-refractivity contribution in [3.05, 3.63) is 56.8 Å². The molecule has 0 aromatic carbocycles. The lowest BCUT2D eigenvalue weighted by atomic mass is 10.4. The molecule has 1 aromatic rings. The van der Waals surface area contributed by atoms with E-state index in [1.165, 1.54) is 0 Å². The maximum absolute atomic E-state index is 12.1. The number of carbonyl (C=O) groups is 2. The molecule has 0 radical (unpaired) electrons. The van der Waals surface area contributed by atoms with Gasteiger partial charge in [-0.15, -0.1) is 0 Å². The van der Waals surface area contributed by atoms with E-state index in [2.05, 4.69) is 13.2 Å². The van der Waals surface area contributed by atoms with E-state index in [-0.39, 0.29) is 21.8 Å². The highest BCUT2D eigenvalue weighted by Crippen LogP contribution is 2.08. The predicted molar refractivity (Wildman–Crippen MR) is 70.6 cm³/mol. The van der Waals surface area contributed by atoms with Crippen molar-refractivity contribution in [2.24, 2.45) is 0 Å². The summed E-state index contributed by atoms with van der Waals surface area (Å²) in [5.74, 6) is -2.08. The van der Waals surface area contributed by atoms with Gasteiger partial charge in [0.25, 0.3) is 11.8 Å². The molecule has 0 N–H and O–H groups in total. The van der Waals surface area contributed by atoms with Crippen LogP contribution in [0.25, 0.3) is 0 Å². The summed E-state index contributed by atoms with van der Waals surface area (Å²) in [5.41, 5.74) is -3.63. The Balaban J connectivity index is 2.85. The molecule has 0 bridgehead atoms. The Morgan fingerprint density at radius 3 is 1.81 bits per heavy atom. The molecular weight excluding hydrogens is 282 g/mol. The van der Waals surface area contributed by atoms with Crippen LogP contribution in [0.15, 0.2) is 39.7 Å². The van der Waals surface area contributed by atoms with Gasteiger partial charge in [0.2, 0.25) is 0 Å². The summed E-state index contributed by atoms with van der Waals surface area (Å²) < 4.78 is 5.83. The van der Waals surface area contributed by atoms with E-state index < -0.39 is 28.9 Å². The zero-order chi connectivity index (χ0) is 15.7. The molecular formula is C12H11N3O6. The summed E-state index contributed by atoms with van der Waals surface area (Å²) in [6.45, 7) is 6.51. The van der Waals surface area contributed by atoms with Crippen LogP contribution in [0.3, 0.4) is 0 Å². The minimum absolute atomic E-state index is 0.160. The van der Waals surface area contributed by atoms with E-state index in [0.29, 0.717) is 11.2 Å². The van der Waals surface area contributed by atoms with Crippen LogP contribution >= 0.6 is 0 Å². The summed E-state index contributed by atoms with van der Waals surface area (Å²) in [6, 6.07) is 0. The number of carbonyl (C=O) groups excluding carboxylic acids is 2. The second-order valence-electron chi connectivity index (χ2n) is 4.17. The number of epoxide rings is 1. The van der Waals surface area contributed by atoms with Crippen molar-refractivity contribution in [1.82, 2.24) is 13.7 Å². The maximum Gasteiger partial charge on any atom is 0.350 e. The quantitative estimate of drug-likeness (QED) is 0.479. The molecule has 1 aliphatic rings. The third kappa shape index (κ3) is 2.46. The van der Waals surface area contributed by atoms with Crippen LogP contribution < -0.4 is 17.1 Å². The SMILES string of the molecule is C=CC(=O)n1c(=O)n(CC2CO2)c(=O)n(C(=O)C=C)c1=O. The minimum Gasteiger partial charge on any atom is -0.371 e. The normalized spacial score (nSPS) is 16.3. The van der Waals surface area contributed by atoms with Gasteiger partial charge in [0.05, 0.1) is 19.3 Å². The molecule has 0 amide bonds. The molecule has 0 spiro atoms. The van der Waals surface area contributed by atoms with Gasteiger partial charge in [0.15, 0.2) is 0 Å². The van der Waals surface area contributed by atoms with Crippen LogP contribution in [0.2, 0.25) is 0 Å². The van der Waals surface area contributed by atoms with Gasteiger partial charge in [-0.1, -0.05) is 13.2 Å². The van der Waals surface area contributed by atoms with E-state index in [1.807, 2.05) is 0 Å².